The zero-order valence-corrected chi connectivity index (χ0v) is 9.50. The Morgan fingerprint density at radius 3 is 3.00 bits per heavy atom. The van der Waals surface area contributed by atoms with Gasteiger partial charge in [-0.15, -0.1) is 12.4 Å². The fraction of sp³-hybridized carbons (Fsp3) is 0.500. The standard InChI is InChI=1S/C10H15N3O.ClH/c1-13(8-4-6-11-7-8)10-9(14)3-2-5-12-10;/h2-3,5,8,11,14H,4,6-7H2,1H3;1H/t8-;/m1./s1. The number of hydrogen-bond acceptors (Lipinski definition) is 4. The third-order valence-electron chi connectivity index (χ3n) is 2.68. The van der Waals surface area contributed by atoms with Crippen LogP contribution in [0, 0.1) is 0 Å². The molecule has 1 aliphatic rings. The predicted molar refractivity (Wildman–Crippen MR) is 62.8 cm³/mol. The first kappa shape index (κ1) is 12.1. The molecule has 0 aliphatic carbocycles. The number of likely N-dealkylation sites (N-methyl/N-ethyl adjacent to an activating group) is 1. The van der Waals surface area contributed by atoms with Gasteiger partial charge in [-0.3, -0.25) is 0 Å². The van der Waals surface area contributed by atoms with E-state index in [1.165, 1.54) is 0 Å². The number of rotatable bonds is 2. The van der Waals surface area contributed by atoms with E-state index in [2.05, 4.69) is 10.3 Å². The van der Waals surface area contributed by atoms with Gasteiger partial charge in [-0.25, -0.2) is 4.98 Å². The minimum absolute atomic E-state index is 0. The van der Waals surface area contributed by atoms with Gasteiger partial charge in [-0.1, -0.05) is 0 Å². The second kappa shape index (κ2) is 5.19. The van der Waals surface area contributed by atoms with Crippen LogP contribution >= 0.6 is 12.4 Å². The first-order chi connectivity index (χ1) is 6.79. The molecule has 5 heteroatoms. The first-order valence-corrected chi connectivity index (χ1v) is 4.86. The molecule has 2 N–H and O–H groups in total. The molecular weight excluding hydrogens is 214 g/mol. The maximum absolute atomic E-state index is 9.62. The van der Waals surface area contributed by atoms with Crippen LogP contribution in [0.15, 0.2) is 18.3 Å². The van der Waals surface area contributed by atoms with E-state index < -0.39 is 0 Å². The molecule has 0 radical (unpaired) electrons. The molecule has 0 spiro atoms. The molecule has 0 aromatic carbocycles. The average molecular weight is 230 g/mol. The van der Waals surface area contributed by atoms with Gasteiger partial charge in [0.2, 0.25) is 0 Å². The zero-order chi connectivity index (χ0) is 9.97. The van der Waals surface area contributed by atoms with Crippen molar-refractivity contribution in [3.63, 3.8) is 0 Å². The molecule has 0 amide bonds. The molecule has 4 nitrogen and oxygen atoms in total. The van der Waals surface area contributed by atoms with Crippen molar-refractivity contribution in [1.29, 1.82) is 0 Å². The summed E-state index contributed by atoms with van der Waals surface area (Å²) in [5, 5.41) is 12.9. The summed E-state index contributed by atoms with van der Waals surface area (Å²) in [6.07, 6.45) is 2.81. The van der Waals surface area contributed by atoms with Crippen molar-refractivity contribution in [1.82, 2.24) is 10.3 Å². The SMILES string of the molecule is CN(c1ncccc1O)[C@@H]1CCNC1.Cl. The van der Waals surface area contributed by atoms with Gasteiger partial charge in [0.15, 0.2) is 11.6 Å². The predicted octanol–water partition coefficient (Wildman–Crippen LogP) is 1.01. The number of nitrogens with one attached hydrogen (secondary N) is 1. The highest BCUT2D eigenvalue weighted by molar-refractivity contribution is 5.85. The Kier molecular flexibility index (Phi) is 4.17. The van der Waals surface area contributed by atoms with Crippen molar-refractivity contribution in [3.05, 3.63) is 18.3 Å². The molecule has 1 aliphatic heterocycles. The summed E-state index contributed by atoms with van der Waals surface area (Å²) >= 11 is 0. The number of hydrogen-bond donors (Lipinski definition) is 2. The third-order valence-corrected chi connectivity index (χ3v) is 2.68. The summed E-state index contributed by atoms with van der Waals surface area (Å²) in [5.41, 5.74) is 0. The smallest absolute Gasteiger partial charge is 0.171 e. The normalized spacial score (nSPS) is 19.7. The molecule has 84 valence electrons. The highest BCUT2D eigenvalue weighted by atomic mass is 35.5. The number of pyridine rings is 1. The van der Waals surface area contributed by atoms with Crippen LogP contribution in [-0.4, -0.2) is 36.3 Å². The van der Waals surface area contributed by atoms with E-state index in [9.17, 15) is 5.11 Å². The second-order valence-corrected chi connectivity index (χ2v) is 3.60. The molecule has 1 saturated heterocycles. The van der Waals surface area contributed by atoms with Crippen LogP contribution in [0.2, 0.25) is 0 Å². The molecule has 0 unspecified atom stereocenters. The molecule has 1 fully saturated rings. The zero-order valence-electron chi connectivity index (χ0n) is 8.68. The Bertz CT molecular complexity index is 315. The van der Waals surface area contributed by atoms with E-state index in [0.29, 0.717) is 11.9 Å². The summed E-state index contributed by atoms with van der Waals surface area (Å²) < 4.78 is 0. The lowest BCUT2D eigenvalue weighted by Crippen LogP contribution is -2.33. The van der Waals surface area contributed by atoms with Gasteiger partial charge in [-0.05, 0) is 25.1 Å². The molecule has 1 atom stereocenters. The number of anilines is 1. The van der Waals surface area contributed by atoms with Gasteiger partial charge >= 0.3 is 0 Å². The Labute approximate surface area is 95.7 Å². The van der Waals surface area contributed by atoms with Gasteiger partial charge in [0.05, 0.1) is 0 Å². The van der Waals surface area contributed by atoms with Gasteiger partial charge < -0.3 is 15.3 Å². The van der Waals surface area contributed by atoms with Crippen LogP contribution in [0.1, 0.15) is 6.42 Å². The molecule has 2 rings (SSSR count). The maximum Gasteiger partial charge on any atom is 0.171 e. The van der Waals surface area contributed by atoms with Gasteiger partial charge in [0, 0.05) is 25.8 Å². The highest BCUT2D eigenvalue weighted by Gasteiger charge is 2.21. The Hall–Kier alpha value is -1.00. The number of aromatic nitrogens is 1. The third kappa shape index (κ3) is 2.52. The van der Waals surface area contributed by atoms with Crippen LogP contribution in [0.5, 0.6) is 5.75 Å². The highest BCUT2D eigenvalue weighted by Crippen LogP contribution is 2.25. The molecule has 0 bridgehead atoms. The topological polar surface area (TPSA) is 48.4 Å². The van der Waals surface area contributed by atoms with E-state index in [-0.39, 0.29) is 18.2 Å². The van der Waals surface area contributed by atoms with Crippen LogP contribution in [0.25, 0.3) is 0 Å². The molecule has 2 heterocycles. The molecule has 1 aromatic rings. The summed E-state index contributed by atoms with van der Waals surface area (Å²) in [4.78, 5) is 6.21. The maximum atomic E-state index is 9.62. The summed E-state index contributed by atoms with van der Waals surface area (Å²) in [5.74, 6) is 0.920. The number of halogens is 1. The lowest BCUT2D eigenvalue weighted by molar-refractivity contribution is 0.469. The van der Waals surface area contributed by atoms with E-state index in [4.69, 9.17) is 0 Å². The van der Waals surface area contributed by atoms with Gasteiger partial charge in [0.1, 0.15) is 0 Å². The van der Waals surface area contributed by atoms with E-state index >= 15 is 0 Å². The molecular formula is C10H16ClN3O. The monoisotopic (exact) mass is 229 g/mol. The molecule has 1 aromatic heterocycles. The molecule has 15 heavy (non-hydrogen) atoms. The Balaban J connectivity index is 0.00000112. The number of nitrogens with zero attached hydrogens (tertiary/aromatic N) is 2. The van der Waals surface area contributed by atoms with Gasteiger partial charge in [-0.2, -0.15) is 0 Å². The fourth-order valence-electron chi connectivity index (χ4n) is 1.80. The summed E-state index contributed by atoms with van der Waals surface area (Å²) in [7, 11) is 1.97. The van der Waals surface area contributed by atoms with E-state index in [1.807, 2.05) is 11.9 Å². The van der Waals surface area contributed by atoms with E-state index in [1.54, 1.807) is 18.3 Å². The first-order valence-electron chi connectivity index (χ1n) is 4.86. The van der Waals surface area contributed by atoms with Crippen LogP contribution in [0.4, 0.5) is 5.82 Å². The minimum Gasteiger partial charge on any atom is -0.504 e. The average Bonchev–Trinajstić information content (AvgIpc) is 2.70. The Morgan fingerprint density at radius 1 is 1.60 bits per heavy atom. The van der Waals surface area contributed by atoms with Crippen molar-refractivity contribution >= 4 is 18.2 Å². The number of aromatic hydroxyl groups is 1. The van der Waals surface area contributed by atoms with Crippen molar-refractivity contribution in [2.75, 3.05) is 25.0 Å². The van der Waals surface area contributed by atoms with E-state index in [0.717, 1.165) is 19.5 Å². The Morgan fingerprint density at radius 2 is 2.40 bits per heavy atom. The van der Waals surface area contributed by atoms with Crippen LogP contribution in [0.3, 0.4) is 0 Å². The quantitative estimate of drug-likeness (QED) is 0.795. The summed E-state index contributed by atoms with van der Waals surface area (Å²) in [6, 6.07) is 3.84. The van der Waals surface area contributed by atoms with Crippen LogP contribution in [-0.2, 0) is 0 Å². The lowest BCUT2D eigenvalue weighted by Gasteiger charge is -2.25. The summed E-state index contributed by atoms with van der Waals surface area (Å²) in [6.45, 7) is 2.01. The van der Waals surface area contributed by atoms with Gasteiger partial charge in [0.25, 0.3) is 0 Å². The largest absolute Gasteiger partial charge is 0.504 e. The second-order valence-electron chi connectivity index (χ2n) is 3.60. The van der Waals surface area contributed by atoms with Crippen molar-refractivity contribution in [2.24, 2.45) is 0 Å². The van der Waals surface area contributed by atoms with Crippen molar-refractivity contribution < 1.29 is 5.11 Å². The molecule has 0 saturated carbocycles. The minimum atomic E-state index is 0. The van der Waals surface area contributed by atoms with Crippen molar-refractivity contribution in [3.8, 4) is 5.75 Å². The van der Waals surface area contributed by atoms with Crippen molar-refractivity contribution in [2.45, 2.75) is 12.5 Å². The van der Waals surface area contributed by atoms with Crippen LogP contribution < -0.4 is 10.2 Å². The fourth-order valence-corrected chi connectivity index (χ4v) is 1.80. The lowest BCUT2D eigenvalue weighted by atomic mass is 10.2.